The van der Waals surface area contributed by atoms with Gasteiger partial charge in [-0.25, -0.2) is 4.39 Å². The minimum Gasteiger partial charge on any atom is -0.493 e. The van der Waals surface area contributed by atoms with Crippen molar-refractivity contribution in [3.63, 3.8) is 0 Å². The molecule has 3 aromatic heterocycles. The van der Waals surface area contributed by atoms with Crippen molar-refractivity contribution in [2.45, 2.75) is 31.7 Å². The van der Waals surface area contributed by atoms with E-state index in [9.17, 15) is 9.65 Å². The zero-order chi connectivity index (χ0) is 23.6. The van der Waals surface area contributed by atoms with Gasteiger partial charge in [-0.1, -0.05) is 0 Å². The minimum atomic E-state index is -0.740. The van der Waals surface area contributed by atoms with Crippen LogP contribution in [0, 0.1) is 17.1 Å². The number of hydrogen-bond donors (Lipinski definition) is 1. The van der Waals surface area contributed by atoms with Crippen molar-refractivity contribution in [2.24, 2.45) is 7.05 Å². The second kappa shape index (κ2) is 7.18. The van der Waals surface area contributed by atoms with E-state index in [-0.39, 0.29) is 18.3 Å². The van der Waals surface area contributed by atoms with Crippen molar-refractivity contribution >= 4 is 11.5 Å². The number of nitrogens with one attached hydrogen (secondary N) is 1. The molecule has 172 valence electrons. The van der Waals surface area contributed by atoms with Crippen LogP contribution in [0.3, 0.4) is 0 Å². The molecule has 9 nitrogen and oxygen atoms in total. The van der Waals surface area contributed by atoms with Gasteiger partial charge < -0.3 is 14.8 Å². The molecular formula is C24H22FN7O2. The Bertz CT molecular complexity index is 1500. The van der Waals surface area contributed by atoms with Gasteiger partial charge in [0.2, 0.25) is 0 Å². The van der Waals surface area contributed by atoms with Crippen LogP contribution in [0.15, 0.2) is 30.6 Å². The van der Waals surface area contributed by atoms with Crippen LogP contribution in [-0.4, -0.2) is 37.6 Å². The van der Waals surface area contributed by atoms with Crippen molar-refractivity contribution in [3.05, 3.63) is 53.2 Å². The lowest BCUT2D eigenvalue weighted by Gasteiger charge is -2.16. The molecule has 0 saturated heterocycles. The van der Waals surface area contributed by atoms with Gasteiger partial charge in [0.05, 0.1) is 42.0 Å². The van der Waals surface area contributed by atoms with E-state index in [4.69, 9.17) is 9.47 Å². The number of nitrogens with zero attached hydrogens (tertiary/aromatic N) is 6. The first-order valence-electron chi connectivity index (χ1n) is 11.0. The van der Waals surface area contributed by atoms with Gasteiger partial charge in [-0.05, 0) is 38.1 Å². The number of pyridine rings is 1. The first-order chi connectivity index (χ1) is 16.4. The fourth-order valence-corrected chi connectivity index (χ4v) is 4.66. The van der Waals surface area contributed by atoms with E-state index in [2.05, 4.69) is 26.7 Å². The molecule has 0 fully saturated rings. The summed E-state index contributed by atoms with van der Waals surface area (Å²) in [5, 5.41) is 25.9. The quantitative estimate of drug-likeness (QED) is 0.489. The van der Waals surface area contributed by atoms with Crippen LogP contribution in [0.1, 0.15) is 36.6 Å². The Balaban J connectivity index is 1.50. The Morgan fingerprint density at radius 2 is 2.00 bits per heavy atom. The van der Waals surface area contributed by atoms with Gasteiger partial charge in [-0.3, -0.25) is 9.08 Å². The lowest BCUT2D eigenvalue weighted by molar-refractivity contribution is 0.249. The number of benzene rings is 1. The maximum Gasteiger partial charge on any atom is 0.171 e. The number of aromatic nitrogens is 5. The maximum atomic E-state index is 14.8. The Hall–Kier alpha value is -4.13. The van der Waals surface area contributed by atoms with Crippen molar-refractivity contribution in [1.29, 1.82) is 5.26 Å². The lowest BCUT2D eigenvalue weighted by Crippen LogP contribution is -2.14. The number of rotatable bonds is 2. The van der Waals surface area contributed by atoms with Crippen molar-refractivity contribution < 1.29 is 13.9 Å². The highest BCUT2D eigenvalue weighted by molar-refractivity contribution is 5.80. The fourth-order valence-electron chi connectivity index (χ4n) is 4.66. The van der Waals surface area contributed by atoms with Crippen LogP contribution >= 0.6 is 0 Å². The van der Waals surface area contributed by atoms with E-state index >= 15 is 0 Å². The summed E-state index contributed by atoms with van der Waals surface area (Å²) in [4.78, 5) is 0. The molecule has 1 atom stereocenters. The third-order valence-electron chi connectivity index (χ3n) is 6.59. The van der Waals surface area contributed by atoms with Gasteiger partial charge >= 0.3 is 0 Å². The molecular weight excluding hydrogens is 437 g/mol. The van der Waals surface area contributed by atoms with Crippen molar-refractivity contribution in [2.75, 3.05) is 18.5 Å². The summed E-state index contributed by atoms with van der Waals surface area (Å²) in [5.41, 5.74) is 3.50. The highest BCUT2D eigenvalue weighted by atomic mass is 19.1. The van der Waals surface area contributed by atoms with Gasteiger partial charge in [0.1, 0.15) is 17.9 Å². The Morgan fingerprint density at radius 3 is 2.79 bits per heavy atom. The molecule has 6 rings (SSSR count). The van der Waals surface area contributed by atoms with E-state index in [0.29, 0.717) is 47.4 Å². The predicted octanol–water partition coefficient (Wildman–Crippen LogP) is 3.55. The topological polar surface area (TPSA) is 102 Å². The number of halogens is 1. The Labute approximate surface area is 194 Å². The van der Waals surface area contributed by atoms with Gasteiger partial charge in [0.25, 0.3) is 0 Å². The number of hydrogen-bond acceptors (Lipinski definition) is 7. The van der Waals surface area contributed by atoms with E-state index in [1.807, 2.05) is 33.0 Å². The molecule has 0 radical (unpaired) electrons. The predicted molar refractivity (Wildman–Crippen MR) is 121 cm³/mol. The van der Waals surface area contributed by atoms with Gasteiger partial charge in [-0.2, -0.15) is 10.4 Å². The smallest absolute Gasteiger partial charge is 0.171 e. The first-order valence-corrected chi connectivity index (χ1v) is 11.0. The van der Waals surface area contributed by atoms with Crippen molar-refractivity contribution in [3.8, 4) is 28.8 Å². The number of ether oxygens (including phenoxy) is 2. The number of nitriles is 1. The summed E-state index contributed by atoms with van der Waals surface area (Å²) >= 11 is 0. The van der Waals surface area contributed by atoms with Crippen LogP contribution in [0.4, 0.5) is 10.2 Å². The summed E-state index contributed by atoms with van der Waals surface area (Å²) in [5.74, 6) is 1.58. The molecule has 0 saturated carbocycles. The van der Waals surface area contributed by atoms with E-state index < -0.39 is 5.41 Å². The summed E-state index contributed by atoms with van der Waals surface area (Å²) in [7, 11) is 1.83. The molecule has 4 aromatic rings. The zero-order valence-electron chi connectivity index (χ0n) is 19.0. The third-order valence-corrected chi connectivity index (χ3v) is 6.59. The second-order valence-corrected chi connectivity index (χ2v) is 9.18. The highest BCUT2D eigenvalue weighted by Crippen LogP contribution is 2.42. The van der Waals surface area contributed by atoms with Crippen LogP contribution in [0.25, 0.3) is 16.9 Å². The van der Waals surface area contributed by atoms with Gasteiger partial charge in [0.15, 0.2) is 17.2 Å². The fraction of sp³-hybridized carbons (Fsp3) is 0.333. The molecule has 0 spiro atoms. The van der Waals surface area contributed by atoms with E-state index in [1.165, 1.54) is 6.07 Å². The molecule has 1 N–H and O–H groups in total. The monoisotopic (exact) mass is 459 g/mol. The van der Waals surface area contributed by atoms with Gasteiger partial charge in [0, 0.05) is 30.3 Å². The molecule has 5 heterocycles. The number of aryl methyl sites for hydroxylation is 1. The second-order valence-electron chi connectivity index (χ2n) is 9.18. The standard InChI is InChI=1S/C24H22FN7O2/c1-24(2,11-26)20-7-17(31(3)30-20)14-6-19-23(32-12-28-29-22(14)32)27-8-15-16(25)4-5-18-21(15)13(9-33-18)10-34-19/h4-7,12-13,27H,8-10H2,1-3H3/t13-/m0/s1. The largest absolute Gasteiger partial charge is 0.493 e. The molecule has 1 aromatic carbocycles. The van der Waals surface area contributed by atoms with E-state index in [0.717, 1.165) is 16.8 Å². The molecule has 0 unspecified atom stereocenters. The molecule has 0 aliphatic carbocycles. The summed E-state index contributed by atoms with van der Waals surface area (Å²) in [6.45, 7) is 4.71. The third kappa shape index (κ3) is 2.93. The molecule has 0 amide bonds. The van der Waals surface area contributed by atoms with Crippen LogP contribution in [0.5, 0.6) is 11.5 Å². The molecule has 34 heavy (non-hydrogen) atoms. The normalized spacial score (nSPS) is 16.9. The van der Waals surface area contributed by atoms with E-state index in [1.54, 1.807) is 21.5 Å². The van der Waals surface area contributed by atoms with Gasteiger partial charge in [-0.15, -0.1) is 10.2 Å². The van der Waals surface area contributed by atoms with Crippen LogP contribution in [-0.2, 0) is 19.0 Å². The molecule has 2 aliphatic heterocycles. The Kier molecular flexibility index (Phi) is 4.33. The first kappa shape index (κ1) is 20.5. The Morgan fingerprint density at radius 1 is 1.21 bits per heavy atom. The average Bonchev–Trinajstić information content (AvgIpc) is 3.55. The average molecular weight is 459 g/mol. The lowest BCUT2D eigenvalue weighted by atomic mass is 9.91. The minimum absolute atomic E-state index is 0.0757. The molecule has 0 bridgehead atoms. The number of fused-ring (bicyclic) bond motifs is 3. The highest BCUT2D eigenvalue weighted by Gasteiger charge is 2.32. The zero-order valence-corrected chi connectivity index (χ0v) is 19.0. The molecule has 10 heteroatoms. The maximum absolute atomic E-state index is 14.8. The van der Waals surface area contributed by atoms with Crippen LogP contribution < -0.4 is 14.8 Å². The number of anilines is 1. The molecule has 2 aliphatic rings. The van der Waals surface area contributed by atoms with Crippen LogP contribution in [0.2, 0.25) is 0 Å². The van der Waals surface area contributed by atoms with Crippen molar-refractivity contribution in [1.82, 2.24) is 24.4 Å². The summed E-state index contributed by atoms with van der Waals surface area (Å²) in [6, 6.07) is 9.21. The SMILES string of the molecule is Cn1nc(C(C)(C)C#N)cc1-c1cc2c(n3cnnc13)NCc1c(F)ccc3c1[C@@H](CO3)CO2. The summed E-state index contributed by atoms with van der Waals surface area (Å²) in [6.07, 6.45) is 1.60. The summed E-state index contributed by atoms with van der Waals surface area (Å²) < 4.78 is 30.4.